The lowest BCUT2D eigenvalue weighted by molar-refractivity contribution is -0.147. The maximum Gasteiger partial charge on any atom is 0.310 e. The molecule has 0 unspecified atom stereocenters. The predicted molar refractivity (Wildman–Crippen MR) is 69.5 cm³/mol. The third-order valence-electron chi connectivity index (χ3n) is 2.32. The Morgan fingerprint density at radius 2 is 2.20 bits per heavy atom. The topological polar surface area (TPSA) is 64.6 Å². The molecule has 1 N–H and O–H groups in total. The number of carbonyl (C=O) groups excluding carboxylic acids is 2. The van der Waals surface area contributed by atoms with Gasteiger partial charge in [-0.15, -0.1) is 6.42 Å². The van der Waals surface area contributed by atoms with Crippen molar-refractivity contribution in [3.8, 4) is 18.1 Å². The van der Waals surface area contributed by atoms with Crippen LogP contribution in [0.5, 0.6) is 5.75 Å². The van der Waals surface area contributed by atoms with Crippen molar-refractivity contribution in [3.63, 3.8) is 0 Å². The first-order valence-corrected chi connectivity index (χ1v) is 5.75. The molecule has 20 heavy (non-hydrogen) atoms. The molecule has 6 heteroatoms. The van der Waals surface area contributed by atoms with E-state index in [1.807, 2.05) is 0 Å². The molecule has 0 aliphatic rings. The van der Waals surface area contributed by atoms with E-state index in [0.717, 1.165) is 0 Å². The van der Waals surface area contributed by atoms with Crippen LogP contribution in [0.4, 0.5) is 4.39 Å². The highest BCUT2D eigenvalue weighted by molar-refractivity contribution is 5.81. The number of halogens is 1. The molecule has 0 aliphatic carbocycles. The molecule has 1 aromatic rings. The van der Waals surface area contributed by atoms with Crippen molar-refractivity contribution in [2.24, 2.45) is 0 Å². The zero-order valence-corrected chi connectivity index (χ0v) is 10.9. The van der Waals surface area contributed by atoms with Gasteiger partial charge >= 0.3 is 5.97 Å². The van der Waals surface area contributed by atoms with Crippen molar-refractivity contribution in [3.05, 3.63) is 29.6 Å². The highest BCUT2D eigenvalue weighted by Crippen LogP contribution is 2.18. The van der Waals surface area contributed by atoms with Crippen LogP contribution in [-0.4, -0.2) is 32.1 Å². The summed E-state index contributed by atoms with van der Waals surface area (Å²) in [5.41, 5.74) is 0.428. The van der Waals surface area contributed by atoms with Crippen molar-refractivity contribution in [1.82, 2.24) is 5.32 Å². The monoisotopic (exact) mass is 279 g/mol. The number of ether oxygens (including phenoxy) is 2. The number of nitrogens with one attached hydrogen (secondary N) is 1. The molecular weight excluding hydrogens is 265 g/mol. The van der Waals surface area contributed by atoms with Gasteiger partial charge in [-0.25, -0.2) is 4.39 Å². The second kappa shape index (κ2) is 7.79. The summed E-state index contributed by atoms with van der Waals surface area (Å²) in [5.74, 6) is 0.623. The molecule has 0 bridgehead atoms. The van der Waals surface area contributed by atoms with Crippen molar-refractivity contribution < 1.29 is 23.5 Å². The molecule has 0 aromatic heterocycles. The van der Waals surface area contributed by atoms with Gasteiger partial charge in [0.25, 0.3) is 5.91 Å². The van der Waals surface area contributed by atoms with E-state index in [2.05, 4.69) is 11.2 Å². The van der Waals surface area contributed by atoms with Crippen LogP contribution in [0.1, 0.15) is 5.56 Å². The second-order valence-electron chi connectivity index (χ2n) is 3.79. The summed E-state index contributed by atoms with van der Waals surface area (Å²) in [5, 5.41) is 2.35. The summed E-state index contributed by atoms with van der Waals surface area (Å²) in [4.78, 5) is 22.6. The fourth-order valence-corrected chi connectivity index (χ4v) is 1.38. The molecule has 0 saturated heterocycles. The van der Waals surface area contributed by atoms with E-state index in [1.54, 1.807) is 6.07 Å². The SMILES string of the molecule is C#CCNC(=O)COC(=O)Cc1ccc(OC)c(F)c1. The third-order valence-corrected chi connectivity index (χ3v) is 2.32. The predicted octanol–water partition coefficient (Wildman–Crippen LogP) is 0.669. The van der Waals surface area contributed by atoms with E-state index in [9.17, 15) is 14.0 Å². The first-order chi connectivity index (χ1) is 9.56. The van der Waals surface area contributed by atoms with Crippen LogP contribution in [0.25, 0.3) is 0 Å². The molecule has 0 saturated carbocycles. The Labute approximate surface area is 116 Å². The average Bonchev–Trinajstić information content (AvgIpc) is 2.43. The van der Waals surface area contributed by atoms with Gasteiger partial charge in [-0.2, -0.15) is 0 Å². The zero-order valence-electron chi connectivity index (χ0n) is 10.9. The Morgan fingerprint density at radius 1 is 1.45 bits per heavy atom. The summed E-state index contributed by atoms with van der Waals surface area (Å²) in [6.07, 6.45) is 4.82. The van der Waals surface area contributed by atoms with Crippen LogP contribution in [0.2, 0.25) is 0 Å². The zero-order chi connectivity index (χ0) is 15.0. The fraction of sp³-hybridized carbons (Fsp3) is 0.286. The second-order valence-corrected chi connectivity index (χ2v) is 3.79. The molecule has 0 radical (unpaired) electrons. The number of terminal acetylenes is 1. The number of benzene rings is 1. The first kappa shape index (κ1) is 15.5. The van der Waals surface area contributed by atoms with Gasteiger partial charge in [0.2, 0.25) is 0 Å². The lowest BCUT2D eigenvalue weighted by Crippen LogP contribution is -2.29. The van der Waals surface area contributed by atoms with E-state index < -0.39 is 24.3 Å². The maximum absolute atomic E-state index is 13.4. The molecule has 1 rings (SSSR count). The third kappa shape index (κ3) is 4.98. The van der Waals surface area contributed by atoms with Crippen molar-refractivity contribution in [2.45, 2.75) is 6.42 Å². The Bertz CT molecular complexity index is 536. The van der Waals surface area contributed by atoms with E-state index in [4.69, 9.17) is 15.9 Å². The number of rotatable bonds is 6. The quantitative estimate of drug-likeness (QED) is 0.614. The lowest BCUT2D eigenvalue weighted by atomic mass is 10.1. The molecule has 0 aliphatic heterocycles. The number of hydrogen-bond donors (Lipinski definition) is 1. The molecule has 1 amide bonds. The normalized spacial score (nSPS) is 9.45. The summed E-state index contributed by atoms with van der Waals surface area (Å²) < 4.78 is 22.9. The van der Waals surface area contributed by atoms with Crippen molar-refractivity contribution in [2.75, 3.05) is 20.3 Å². The molecule has 0 heterocycles. The van der Waals surface area contributed by atoms with Crippen molar-refractivity contribution >= 4 is 11.9 Å². The molecule has 0 spiro atoms. The Morgan fingerprint density at radius 3 is 2.80 bits per heavy atom. The largest absolute Gasteiger partial charge is 0.494 e. The summed E-state index contributed by atoms with van der Waals surface area (Å²) >= 11 is 0. The van der Waals surface area contributed by atoms with Gasteiger partial charge in [-0.05, 0) is 17.7 Å². The summed E-state index contributed by atoms with van der Waals surface area (Å²) in [6, 6.07) is 4.14. The summed E-state index contributed by atoms with van der Waals surface area (Å²) in [6.45, 7) is -0.348. The Hall–Kier alpha value is -2.55. The smallest absolute Gasteiger partial charge is 0.310 e. The van der Waals surface area contributed by atoms with Gasteiger partial charge in [-0.1, -0.05) is 12.0 Å². The van der Waals surface area contributed by atoms with Crippen molar-refractivity contribution in [1.29, 1.82) is 0 Å². The van der Waals surface area contributed by atoms with E-state index in [0.29, 0.717) is 5.56 Å². The standard InChI is InChI=1S/C14H14FNO4/c1-3-6-16-13(17)9-20-14(18)8-10-4-5-12(19-2)11(15)7-10/h1,4-5,7H,6,8-9H2,2H3,(H,16,17). The molecule has 0 fully saturated rings. The number of methoxy groups -OCH3 is 1. The van der Waals surface area contributed by atoms with Crippen LogP contribution in [0.3, 0.4) is 0 Å². The van der Waals surface area contributed by atoms with Crippen LogP contribution < -0.4 is 10.1 Å². The maximum atomic E-state index is 13.4. The molecular formula is C14H14FNO4. The number of hydrogen-bond acceptors (Lipinski definition) is 4. The highest BCUT2D eigenvalue weighted by atomic mass is 19.1. The van der Waals surface area contributed by atoms with Gasteiger partial charge in [0.05, 0.1) is 20.1 Å². The fourth-order valence-electron chi connectivity index (χ4n) is 1.38. The van der Waals surface area contributed by atoms with Crippen LogP contribution in [0, 0.1) is 18.2 Å². The number of amides is 1. The number of carbonyl (C=O) groups is 2. The summed E-state index contributed by atoms with van der Waals surface area (Å²) in [7, 11) is 1.35. The van der Waals surface area contributed by atoms with Gasteiger partial charge < -0.3 is 14.8 Å². The minimum atomic E-state index is -0.634. The van der Waals surface area contributed by atoms with Gasteiger partial charge in [0, 0.05) is 0 Å². The first-order valence-electron chi connectivity index (χ1n) is 5.75. The van der Waals surface area contributed by atoms with E-state index in [1.165, 1.54) is 19.2 Å². The minimum Gasteiger partial charge on any atom is -0.494 e. The minimum absolute atomic E-state index is 0.0695. The molecule has 106 valence electrons. The molecule has 0 atom stereocenters. The van der Waals surface area contributed by atoms with E-state index in [-0.39, 0.29) is 18.7 Å². The van der Waals surface area contributed by atoms with Gasteiger partial charge in [0.1, 0.15) is 0 Å². The van der Waals surface area contributed by atoms with Crippen LogP contribution in [0.15, 0.2) is 18.2 Å². The molecule has 5 nitrogen and oxygen atoms in total. The number of esters is 1. The average molecular weight is 279 g/mol. The highest BCUT2D eigenvalue weighted by Gasteiger charge is 2.10. The lowest BCUT2D eigenvalue weighted by Gasteiger charge is -2.06. The van der Waals surface area contributed by atoms with Gasteiger partial charge in [-0.3, -0.25) is 9.59 Å². The van der Waals surface area contributed by atoms with E-state index >= 15 is 0 Å². The Kier molecular flexibility index (Phi) is 6.04. The molecule has 1 aromatic carbocycles. The Balaban J connectivity index is 2.45. The van der Waals surface area contributed by atoms with Crippen LogP contribution >= 0.6 is 0 Å². The van der Waals surface area contributed by atoms with Gasteiger partial charge in [0.15, 0.2) is 18.2 Å². The van der Waals surface area contributed by atoms with Crippen LogP contribution in [-0.2, 0) is 20.7 Å².